The second kappa shape index (κ2) is 11.7. The van der Waals surface area contributed by atoms with E-state index in [-0.39, 0.29) is 5.91 Å². The van der Waals surface area contributed by atoms with Crippen LogP contribution in [0.2, 0.25) is 10.0 Å². The maximum absolute atomic E-state index is 12.3. The lowest BCUT2D eigenvalue weighted by Crippen LogP contribution is -2.17. The van der Waals surface area contributed by atoms with Crippen LogP contribution in [-0.2, 0) is 6.61 Å². The quantitative estimate of drug-likeness (QED) is 0.157. The summed E-state index contributed by atoms with van der Waals surface area (Å²) in [4.78, 5) is 12.3. The van der Waals surface area contributed by atoms with Gasteiger partial charge in [0.1, 0.15) is 18.1 Å². The summed E-state index contributed by atoms with van der Waals surface area (Å²) >= 11 is 21.2. The Balaban J connectivity index is 1.65. The number of nitrogens with zero attached hydrogens (tertiary/aromatic N) is 1. The van der Waals surface area contributed by atoms with Crippen molar-refractivity contribution < 1.29 is 14.3 Å². The minimum Gasteiger partial charge on any atom is -0.496 e. The van der Waals surface area contributed by atoms with Crippen LogP contribution in [0.5, 0.6) is 11.5 Å². The number of hydrogen-bond donors (Lipinski definition) is 1. The van der Waals surface area contributed by atoms with Crippen molar-refractivity contribution in [1.82, 2.24) is 5.43 Å². The zero-order valence-electron chi connectivity index (χ0n) is 16.5. The predicted octanol–water partition coefficient (Wildman–Crippen LogP) is 7.47. The summed E-state index contributed by atoms with van der Waals surface area (Å²) in [6, 6.07) is 14.2. The third-order valence-electron chi connectivity index (χ3n) is 4.18. The molecule has 0 heterocycles. The van der Waals surface area contributed by atoms with Crippen LogP contribution in [0.3, 0.4) is 0 Å². The van der Waals surface area contributed by atoms with Gasteiger partial charge in [0.25, 0.3) is 5.91 Å². The van der Waals surface area contributed by atoms with Crippen molar-refractivity contribution in [2.75, 3.05) is 7.11 Å². The maximum atomic E-state index is 12.3. The molecule has 1 N–H and O–H groups in total. The van der Waals surface area contributed by atoms with Crippen molar-refractivity contribution in [1.29, 1.82) is 0 Å². The molecule has 0 fully saturated rings. The van der Waals surface area contributed by atoms with Crippen LogP contribution < -0.4 is 14.9 Å². The molecule has 0 aliphatic carbocycles. The summed E-state index contributed by atoms with van der Waals surface area (Å²) in [5.41, 5.74) is 4.61. The first kappa shape index (κ1) is 25.3. The van der Waals surface area contributed by atoms with Crippen molar-refractivity contribution in [3.63, 3.8) is 0 Å². The molecule has 0 spiro atoms. The molecule has 0 aromatic heterocycles. The van der Waals surface area contributed by atoms with Gasteiger partial charge in [0, 0.05) is 5.56 Å². The number of hydrazone groups is 1. The Kier molecular flexibility index (Phi) is 9.24. The van der Waals surface area contributed by atoms with Crippen molar-refractivity contribution in [2.45, 2.75) is 6.61 Å². The van der Waals surface area contributed by atoms with Gasteiger partial charge in [-0.1, -0.05) is 29.3 Å². The largest absolute Gasteiger partial charge is 0.496 e. The molecular formula is C22H15Br2Cl2IN2O3. The Morgan fingerprint density at radius 1 is 1.09 bits per heavy atom. The van der Waals surface area contributed by atoms with Crippen molar-refractivity contribution in [2.24, 2.45) is 5.10 Å². The Hall–Kier alpha value is -1.33. The van der Waals surface area contributed by atoms with E-state index in [1.54, 1.807) is 37.6 Å². The number of methoxy groups -OCH3 is 1. The van der Waals surface area contributed by atoms with E-state index in [4.69, 9.17) is 32.7 Å². The molecule has 0 aliphatic heterocycles. The van der Waals surface area contributed by atoms with Crippen LogP contribution in [0.4, 0.5) is 0 Å². The third-order valence-corrected chi connectivity index (χ3v) is 6.99. The first-order valence-electron chi connectivity index (χ1n) is 9.01. The number of carbonyl (C=O) groups excluding carboxylic acids is 1. The number of nitrogens with one attached hydrogen (secondary N) is 1. The van der Waals surface area contributed by atoms with Gasteiger partial charge in [0.2, 0.25) is 0 Å². The van der Waals surface area contributed by atoms with E-state index < -0.39 is 0 Å². The highest BCUT2D eigenvalue weighted by molar-refractivity contribution is 14.1. The number of carbonyl (C=O) groups is 1. The number of halogens is 5. The summed E-state index contributed by atoms with van der Waals surface area (Å²) in [5.74, 6) is 0.922. The van der Waals surface area contributed by atoms with Gasteiger partial charge in [0.15, 0.2) is 0 Å². The fraction of sp³-hybridized carbons (Fsp3) is 0.0909. The SMILES string of the molecule is COc1cc(C(=O)N/N=C\c2cc(Br)c(OCc3ccc(Cl)c(Cl)c3)c(Br)c2)ccc1I. The second-order valence-corrected chi connectivity index (χ2v) is 10.1. The molecule has 0 aliphatic rings. The molecule has 0 saturated heterocycles. The highest BCUT2D eigenvalue weighted by Crippen LogP contribution is 2.35. The number of ether oxygens (including phenoxy) is 2. The van der Waals surface area contributed by atoms with E-state index >= 15 is 0 Å². The highest BCUT2D eigenvalue weighted by Gasteiger charge is 2.11. The molecule has 0 unspecified atom stereocenters. The summed E-state index contributed by atoms with van der Waals surface area (Å²) in [6.07, 6.45) is 1.54. The summed E-state index contributed by atoms with van der Waals surface area (Å²) in [6.45, 7) is 0.317. The van der Waals surface area contributed by atoms with Crippen LogP contribution in [0, 0.1) is 3.57 Å². The normalized spacial score (nSPS) is 10.9. The first-order chi connectivity index (χ1) is 15.3. The lowest BCUT2D eigenvalue weighted by Gasteiger charge is -2.12. The zero-order valence-corrected chi connectivity index (χ0v) is 23.3. The smallest absolute Gasteiger partial charge is 0.271 e. The van der Waals surface area contributed by atoms with E-state index in [0.29, 0.717) is 33.7 Å². The Bertz CT molecular complexity index is 1170. The standard InChI is InChI=1S/C22H15Br2Cl2IN2O3/c1-31-20-9-14(3-5-19(20)27)22(30)29-28-10-13-6-15(23)21(16(24)7-13)32-11-12-2-4-17(25)18(26)8-12/h2-10H,11H2,1H3,(H,29,30)/b28-10-. The third kappa shape index (κ3) is 6.60. The number of hydrogen-bond acceptors (Lipinski definition) is 4. The van der Waals surface area contributed by atoms with Crippen molar-refractivity contribution in [3.8, 4) is 11.5 Å². The predicted molar refractivity (Wildman–Crippen MR) is 143 cm³/mol. The van der Waals surface area contributed by atoms with E-state index in [2.05, 4.69) is 65.0 Å². The van der Waals surface area contributed by atoms with Crippen LogP contribution >= 0.6 is 77.7 Å². The van der Waals surface area contributed by atoms with E-state index in [9.17, 15) is 4.79 Å². The van der Waals surface area contributed by atoms with Gasteiger partial charge in [-0.15, -0.1) is 0 Å². The molecule has 166 valence electrons. The molecule has 10 heteroatoms. The monoisotopic (exact) mass is 710 g/mol. The molecule has 0 radical (unpaired) electrons. The molecule has 0 saturated carbocycles. The number of benzene rings is 3. The van der Waals surface area contributed by atoms with Crippen LogP contribution in [0.15, 0.2) is 62.6 Å². The van der Waals surface area contributed by atoms with Gasteiger partial charge >= 0.3 is 0 Å². The summed E-state index contributed by atoms with van der Waals surface area (Å²) in [7, 11) is 1.56. The van der Waals surface area contributed by atoms with Gasteiger partial charge < -0.3 is 9.47 Å². The van der Waals surface area contributed by atoms with E-state index in [1.807, 2.05) is 24.3 Å². The zero-order chi connectivity index (χ0) is 23.3. The van der Waals surface area contributed by atoms with Gasteiger partial charge in [-0.05, 0) is 108 Å². The average Bonchev–Trinajstić information content (AvgIpc) is 2.75. The molecular weight excluding hydrogens is 698 g/mol. The lowest BCUT2D eigenvalue weighted by atomic mass is 10.2. The second-order valence-electron chi connectivity index (χ2n) is 6.40. The Morgan fingerprint density at radius 2 is 1.81 bits per heavy atom. The van der Waals surface area contributed by atoms with E-state index in [0.717, 1.165) is 23.6 Å². The Labute approximate surface area is 225 Å². The van der Waals surface area contributed by atoms with Crippen LogP contribution in [0.1, 0.15) is 21.5 Å². The van der Waals surface area contributed by atoms with Crippen molar-refractivity contribution in [3.05, 3.63) is 87.8 Å². The van der Waals surface area contributed by atoms with Gasteiger partial charge in [-0.2, -0.15) is 5.10 Å². The van der Waals surface area contributed by atoms with Gasteiger partial charge in [0.05, 0.1) is 35.9 Å². The molecule has 5 nitrogen and oxygen atoms in total. The fourth-order valence-electron chi connectivity index (χ4n) is 2.61. The summed E-state index contributed by atoms with van der Waals surface area (Å²) in [5, 5.41) is 5.01. The number of rotatable bonds is 7. The molecule has 0 bridgehead atoms. The van der Waals surface area contributed by atoms with Crippen molar-refractivity contribution >= 4 is 89.8 Å². The van der Waals surface area contributed by atoms with Gasteiger partial charge in [-0.3, -0.25) is 4.79 Å². The minimum absolute atomic E-state index is 0.317. The molecule has 3 rings (SSSR count). The molecule has 3 aromatic rings. The minimum atomic E-state index is -0.337. The average molecular weight is 713 g/mol. The molecule has 3 aromatic carbocycles. The first-order valence-corrected chi connectivity index (χ1v) is 12.4. The molecule has 0 atom stereocenters. The maximum Gasteiger partial charge on any atom is 0.271 e. The van der Waals surface area contributed by atoms with Crippen LogP contribution in [-0.4, -0.2) is 19.2 Å². The van der Waals surface area contributed by atoms with E-state index in [1.165, 1.54) is 0 Å². The summed E-state index contributed by atoms with van der Waals surface area (Å²) < 4.78 is 13.5. The number of amides is 1. The molecule has 32 heavy (non-hydrogen) atoms. The Morgan fingerprint density at radius 3 is 2.47 bits per heavy atom. The lowest BCUT2D eigenvalue weighted by molar-refractivity contribution is 0.0954. The topological polar surface area (TPSA) is 59.9 Å². The fourth-order valence-corrected chi connectivity index (χ4v) is 4.94. The van der Waals surface area contributed by atoms with Gasteiger partial charge in [-0.25, -0.2) is 5.43 Å². The van der Waals surface area contributed by atoms with Crippen LogP contribution in [0.25, 0.3) is 0 Å². The molecule has 1 amide bonds. The highest BCUT2D eigenvalue weighted by atomic mass is 127.